The van der Waals surface area contributed by atoms with Gasteiger partial charge >= 0.3 is 11.9 Å². The fourth-order valence-corrected chi connectivity index (χ4v) is 4.40. The topological polar surface area (TPSA) is 65.0 Å². The molecule has 162 valence electrons. The molecule has 0 amide bonds. The third-order valence-corrected chi connectivity index (χ3v) is 6.05. The number of hydrogen-bond donors (Lipinski definition) is 0. The molecule has 3 aromatic rings. The van der Waals surface area contributed by atoms with Crippen molar-refractivity contribution in [2.45, 2.75) is 19.8 Å². The van der Waals surface area contributed by atoms with Crippen LogP contribution < -0.4 is 4.74 Å². The van der Waals surface area contributed by atoms with Crippen LogP contribution in [0.15, 0.2) is 80.8 Å². The van der Waals surface area contributed by atoms with E-state index in [0.29, 0.717) is 34.9 Å². The number of fused-ring (bicyclic) bond motifs is 1. The Labute approximate surface area is 202 Å². The summed E-state index contributed by atoms with van der Waals surface area (Å²) in [7, 11) is 0. The van der Waals surface area contributed by atoms with E-state index in [1.807, 2.05) is 24.3 Å². The van der Waals surface area contributed by atoms with Gasteiger partial charge in [0.2, 0.25) is 0 Å². The molecule has 0 saturated heterocycles. The minimum Gasteiger partial charge on any atom is -0.423 e. The van der Waals surface area contributed by atoms with E-state index < -0.39 is 11.9 Å². The van der Waals surface area contributed by atoms with Gasteiger partial charge in [-0.25, -0.2) is 9.59 Å². The zero-order valence-corrected chi connectivity index (χ0v) is 20.4. The summed E-state index contributed by atoms with van der Waals surface area (Å²) >= 11 is 6.71. The molecule has 0 fully saturated rings. The lowest BCUT2D eigenvalue weighted by molar-refractivity contribution is 0.0514. The highest BCUT2D eigenvalue weighted by Crippen LogP contribution is 2.30. The average Bonchev–Trinajstić information content (AvgIpc) is 2.77. The molecule has 32 heavy (non-hydrogen) atoms. The molecule has 3 aromatic carbocycles. The van der Waals surface area contributed by atoms with E-state index in [9.17, 15) is 9.59 Å². The molecule has 0 N–H and O–H groups in total. The highest BCUT2D eigenvalue weighted by atomic mass is 79.9. The summed E-state index contributed by atoms with van der Waals surface area (Å²) in [5, 5.41) is 4.17. The van der Waals surface area contributed by atoms with E-state index in [-0.39, 0.29) is 0 Å². The fourth-order valence-electron chi connectivity index (χ4n) is 3.60. The van der Waals surface area contributed by atoms with Crippen LogP contribution in [0.3, 0.4) is 0 Å². The lowest BCUT2D eigenvalue weighted by atomic mass is 9.83. The SMILES string of the molecule is CC1C/C(=N\OC(=O)c2cccc(Br)c2)c2ccc(OC(=O)c3cccc(Br)c3)cc2C1. The maximum absolute atomic E-state index is 12.5. The Bertz CT molecular complexity index is 1220. The van der Waals surface area contributed by atoms with Crippen LogP contribution in [0.2, 0.25) is 0 Å². The van der Waals surface area contributed by atoms with Gasteiger partial charge in [-0.1, -0.05) is 56.1 Å². The summed E-state index contributed by atoms with van der Waals surface area (Å²) in [6.45, 7) is 2.11. The first-order valence-corrected chi connectivity index (χ1v) is 11.6. The van der Waals surface area contributed by atoms with Crippen LogP contribution in [-0.4, -0.2) is 17.7 Å². The molecule has 7 heteroatoms. The molecular weight excluding hydrogens is 538 g/mol. The minimum absolute atomic E-state index is 0.307. The average molecular weight is 557 g/mol. The zero-order chi connectivity index (χ0) is 22.7. The summed E-state index contributed by atoms with van der Waals surface area (Å²) in [6, 6.07) is 19.5. The molecule has 4 rings (SSSR count). The number of ether oxygens (including phenoxy) is 1. The number of hydrogen-bond acceptors (Lipinski definition) is 5. The van der Waals surface area contributed by atoms with Gasteiger partial charge in [-0.3, -0.25) is 0 Å². The van der Waals surface area contributed by atoms with E-state index in [0.717, 1.165) is 26.5 Å². The summed E-state index contributed by atoms with van der Waals surface area (Å²) in [5.41, 5.74) is 3.48. The Hall–Kier alpha value is -2.77. The number of esters is 1. The first kappa shape index (κ1) is 22.4. The van der Waals surface area contributed by atoms with Gasteiger partial charge in [0.15, 0.2) is 0 Å². The van der Waals surface area contributed by atoms with Gasteiger partial charge in [-0.15, -0.1) is 0 Å². The van der Waals surface area contributed by atoms with Crippen molar-refractivity contribution in [3.05, 3.63) is 97.9 Å². The number of nitrogens with zero attached hydrogens (tertiary/aromatic N) is 1. The highest BCUT2D eigenvalue weighted by molar-refractivity contribution is 9.10. The van der Waals surface area contributed by atoms with Crippen molar-refractivity contribution >= 4 is 49.5 Å². The Morgan fingerprint density at radius 3 is 2.19 bits per heavy atom. The molecule has 0 heterocycles. The van der Waals surface area contributed by atoms with Gasteiger partial charge in [-0.05, 0) is 78.9 Å². The smallest absolute Gasteiger partial charge is 0.365 e. The predicted octanol–water partition coefficient (Wildman–Crippen LogP) is 6.57. The Kier molecular flexibility index (Phi) is 6.86. The van der Waals surface area contributed by atoms with Gasteiger partial charge in [-0.2, -0.15) is 0 Å². The van der Waals surface area contributed by atoms with Crippen molar-refractivity contribution in [3.63, 3.8) is 0 Å². The Balaban J connectivity index is 1.53. The van der Waals surface area contributed by atoms with Crippen LogP contribution in [0, 0.1) is 5.92 Å². The number of oxime groups is 1. The molecule has 1 aliphatic rings. The maximum atomic E-state index is 12.5. The molecular formula is C25H19Br2NO4. The van der Waals surface area contributed by atoms with Crippen molar-refractivity contribution < 1.29 is 19.2 Å². The summed E-state index contributed by atoms with van der Waals surface area (Å²) in [4.78, 5) is 30.1. The van der Waals surface area contributed by atoms with Gasteiger partial charge in [0.1, 0.15) is 5.75 Å². The summed E-state index contributed by atoms with van der Waals surface area (Å²) in [6.07, 6.45) is 1.51. The third-order valence-electron chi connectivity index (χ3n) is 5.07. The minimum atomic E-state index is -0.516. The quantitative estimate of drug-likeness (QED) is 0.158. The number of halogens is 2. The van der Waals surface area contributed by atoms with Crippen LogP contribution in [0.25, 0.3) is 0 Å². The van der Waals surface area contributed by atoms with Crippen LogP contribution in [0.1, 0.15) is 45.2 Å². The van der Waals surface area contributed by atoms with E-state index in [4.69, 9.17) is 9.57 Å². The molecule has 0 spiro atoms. The van der Waals surface area contributed by atoms with Crippen molar-refractivity contribution in [1.29, 1.82) is 0 Å². The highest BCUT2D eigenvalue weighted by Gasteiger charge is 2.23. The number of rotatable bonds is 4. The molecule has 1 unspecified atom stereocenters. The first-order valence-electron chi connectivity index (χ1n) is 10.0. The lowest BCUT2D eigenvalue weighted by Gasteiger charge is -2.23. The lowest BCUT2D eigenvalue weighted by Crippen LogP contribution is -2.20. The molecule has 0 bridgehead atoms. The third kappa shape index (κ3) is 5.34. The monoisotopic (exact) mass is 555 g/mol. The summed E-state index contributed by atoms with van der Waals surface area (Å²) < 4.78 is 7.17. The van der Waals surface area contributed by atoms with E-state index in [1.54, 1.807) is 42.5 Å². The second-order valence-electron chi connectivity index (χ2n) is 7.66. The largest absolute Gasteiger partial charge is 0.423 e. The van der Waals surface area contributed by atoms with Gasteiger partial charge < -0.3 is 9.57 Å². The predicted molar refractivity (Wildman–Crippen MR) is 129 cm³/mol. The van der Waals surface area contributed by atoms with E-state index in [2.05, 4.69) is 43.9 Å². The fraction of sp³-hybridized carbons (Fsp3) is 0.160. The van der Waals surface area contributed by atoms with Crippen LogP contribution >= 0.6 is 31.9 Å². The van der Waals surface area contributed by atoms with Gasteiger partial charge in [0, 0.05) is 14.5 Å². The molecule has 0 radical (unpaired) electrons. The molecule has 0 aliphatic heterocycles. The van der Waals surface area contributed by atoms with Crippen molar-refractivity contribution in [1.82, 2.24) is 0 Å². The first-order chi connectivity index (χ1) is 15.4. The van der Waals surface area contributed by atoms with Gasteiger partial charge in [0.25, 0.3) is 0 Å². The standard InChI is InChI=1S/C25H19Br2NO4/c1-15-10-18-14-21(31-24(29)16-4-2-6-19(26)12-16)8-9-22(18)23(11-15)28-32-25(30)17-5-3-7-20(27)13-17/h2-9,12-15H,10-11H2,1H3/b28-23+. The van der Waals surface area contributed by atoms with Crippen molar-refractivity contribution in [2.24, 2.45) is 11.1 Å². The zero-order valence-electron chi connectivity index (χ0n) is 17.2. The van der Waals surface area contributed by atoms with Crippen molar-refractivity contribution in [2.75, 3.05) is 0 Å². The normalized spacial score (nSPS) is 16.3. The number of carbonyl (C=O) groups excluding carboxylic acids is 2. The molecule has 1 atom stereocenters. The second-order valence-corrected chi connectivity index (χ2v) is 9.49. The van der Waals surface area contributed by atoms with E-state index >= 15 is 0 Å². The Morgan fingerprint density at radius 1 is 0.875 bits per heavy atom. The van der Waals surface area contributed by atoms with Gasteiger partial charge in [0.05, 0.1) is 16.8 Å². The van der Waals surface area contributed by atoms with Crippen LogP contribution in [0.5, 0.6) is 5.75 Å². The number of carbonyl (C=O) groups is 2. The van der Waals surface area contributed by atoms with Crippen LogP contribution in [-0.2, 0) is 11.3 Å². The molecule has 0 saturated carbocycles. The maximum Gasteiger partial charge on any atom is 0.365 e. The Morgan fingerprint density at radius 2 is 1.53 bits per heavy atom. The van der Waals surface area contributed by atoms with Crippen molar-refractivity contribution in [3.8, 4) is 5.75 Å². The molecule has 0 aromatic heterocycles. The van der Waals surface area contributed by atoms with Crippen LogP contribution in [0.4, 0.5) is 0 Å². The summed E-state index contributed by atoms with van der Waals surface area (Å²) in [5.74, 6) is -0.166. The molecule has 1 aliphatic carbocycles. The number of benzene rings is 3. The van der Waals surface area contributed by atoms with E-state index in [1.165, 1.54) is 0 Å². The molecule has 5 nitrogen and oxygen atoms in total. The second kappa shape index (κ2) is 9.79.